The van der Waals surface area contributed by atoms with Crippen molar-refractivity contribution >= 4 is 69.2 Å². The molecule has 7 amide bonds. The number of nitrogens with one attached hydrogen (secondary N) is 9. The SMILES string of the molecule is CC(C)CC(NC(=O)C(Cc1ccc(O)cc1)NC(=O)C(Cc1ccccc1)NC(=O)C(Cc1ccccc1)NC(=O)C(CO)NC(=O)CBr)C(=O)NC(CCCNC(=N)N)C(=O)NC(CO)C(=O)O. The van der Waals surface area contributed by atoms with Crippen molar-refractivity contribution in [2.75, 3.05) is 25.1 Å². The summed E-state index contributed by atoms with van der Waals surface area (Å²) < 4.78 is 0. The van der Waals surface area contributed by atoms with Gasteiger partial charge in [-0.1, -0.05) is 103 Å². The van der Waals surface area contributed by atoms with Gasteiger partial charge in [0.2, 0.25) is 41.4 Å². The van der Waals surface area contributed by atoms with Crippen molar-refractivity contribution < 1.29 is 58.8 Å². The fourth-order valence-corrected chi connectivity index (χ4v) is 7.10. The minimum absolute atomic E-state index is 0.0181. The van der Waals surface area contributed by atoms with Crippen molar-refractivity contribution in [1.82, 2.24) is 42.5 Å². The number of aliphatic hydroxyl groups is 2. The van der Waals surface area contributed by atoms with Crippen LogP contribution >= 0.6 is 15.9 Å². The van der Waals surface area contributed by atoms with Crippen LogP contribution < -0.4 is 48.3 Å². The summed E-state index contributed by atoms with van der Waals surface area (Å²) >= 11 is 2.99. The Morgan fingerprint density at radius 3 is 1.36 bits per heavy atom. The molecule has 0 aliphatic rings. The Morgan fingerprint density at radius 1 is 0.557 bits per heavy atom. The normalized spacial score (nSPS) is 13.9. The summed E-state index contributed by atoms with van der Waals surface area (Å²) in [6.45, 7) is 1.91. The summed E-state index contributed by atoms with van der Waals surface area (Å²) in [7, 11) is 0. The number of guanidine groups is 1. The number of hydrogen-bond acceptors (Lipinski definition) is 12. The first-order valence-corrected chi connectivity index (χ1v) is 23.5. The summed E-state index contributed by atoms with van der Waals surface area (Å²) in [5.74, 6) is -8.00. The molecule has 3 rings (SSSR count). The highest BCUT2D eigenvalue weighted by Gasteiger charge is 2.35. The maximum absolute atomic E-state index is 14.6. The molecule has 0 aliphatic heterocycles. The molecule has 7 unspecified atom stereocenters. The van der Waals surface area contributed by atoms with E-state index in [0.29, 0.717) is 16.7 Å². The van der Waals surface area contributed by atoms with E-state index in [1.165, 1.54) is 24.3 Å². The minimum atomic E-state index is -1.70. The number of aliphatic carboxylic acids is 1. The Hall–Kier alpha value is -7.11. The average Bonchev–Trinajstić information content (AvgIpc) is 3.33. The van der Waals surface area contributed by atoms with Crippen LogP contribution in [0.1, 0.15) is 49.8 Å². The van der Waals surface area contributed by atoms with E-state index < -0.39 is 103 Å². The van der Waals surface area contributed by atoms with Gasteiger partial charge in [0.05, 0.1) is 18.5 Å². The van der Waals surface area contributed by atoms with Gasteiger partial charge >= 0.3 is 5.97 Å². The predicted octanol–water partition coefficient (Wildman–Crippen LogP) is -1.41. The number of halogens is 1. The van der Waals surface area contributed by atoms with Crippen LogP contribution in [0.2, 0.25) is 0 Å². The van der Waals surface area contributed by atoms with Gasteiger partial charge in [0, 0.05) is 25.8 Å². The van der Waals surface area contributed by atoms with E-state index in [1.807, 2.05) is 0 Å². The number of carbonyl (C=O) groups is 8. The molecular formula is C47H63BrN10O12. The molecule has 7 atom stereocenters. The number of benzene rings is 3. The third kappa shape index (κ3) is 20.2. The second-order valence-corrected chi connectivity index (χ2v) is 17.2. The molecule has 3 aromatic carbocycles. The zero-order valence-electron chi connectivity index (χ0n) is 38.8. The Morgan fingerprint density at radius 2 is 0.943 bits per heavy atom. The molecule has 0 aromatic heterocycles. The number of carboxylic acids is 1. The molecule has 23 heteroatoms. The van der Waals surface area contributed by atoms with Crippen LogP contribution in [-0.2, 0) is 57.6 Å². The molecule has 0 bridgehead atoms. The Kier molecular flexibility index (Phi) is 24.3. The Labute approximate surface area is 413 Å². The van der Waals surface area contributed by atoms with E-state index in [0.717, 1.165) is 0 Å². The summed E-state index contributed by atoms with van der Waals surface area (Å²) in [6, 6.07) is 13.0. The smallest absolute Gasteiger partial charge is 0.328 e. The molecule has 0 aliphatic carbocycles. The maximum atomic E-state index is 14.6. The van der Waals surface area contributed by atoms with Crippen LogP contribution in [-0.4, -0.2) is 141 Å². The molecule has 0 spiro atoms. The van der Waals surface area contributed by atoms with Crippen LogP contribution in [0.3, 0.4) is 0 Å². The van der Waals surface area contributed by atoms with Crippen molar-refractivity contribution in [3.8, 4) is 5.75 Å². The largest absolute Gasteiger partial charge is 0.508 e. The van der Waals surface area contributed by atoms with Gasteiger partial charge in [-0.05, 0) is 54.0 Å². The summed E-state index contributed by atoms with van der Waals surface area (Å²) in [5, 5.41) is 66.6. The van der Waals surface area contributed by atoms with Gasteiger partial charge in [0.25, 0.3) is 0 Å². The minimum Gasteiger partial charge on any atom is -0.508 e. The second kappa shape index (κ2) is 29.7. The number of hydrogen-bond donors (Lipinski definition) is 14. The van der Waals surface area contributed by atoms with Crippen LogP contribution in [0.25, 0.3) is 0 Å². The van der Waals surface area contributed by atoms with E-state index in [2.05, 4.69) is 58.5 Å². The number of carbonyl (C=O) groups excluding carboxylic acids is 7. The van der Waals surface area contributed by atoms with Crippen molar-refractivity contribution in [1.29, 1.82) is 5.41 Å². The predicted molar refractivity (Wildman–Crippen MR) is 260 cm³/mol. The topological polar surface area (TPSA) is 364 Å². The first kappa shape index (κ1) is 57.2. The van der Waals surface area contributed by atoms with Crippen molar-refractivity contribution in [2.24, 2.45) is 11.7 Å². The van der Waals surface area contributed by atoms with Gasteiger partial charge in [-0.15, -0.1) is 0 Å². The molecule has 3 aromatic rings. The van der Waals surface area contributed by atoms with Gasteiger partial charge in [-0.25, -0.2) is 4.79 Å². The molecule has 0 saturated heterocycles. The maximum Gasteiger partial charge on any atom is 0.328 e. The third-order valence-corrected chi connectivity index (χ3v) is 11.1. The summed E-state index contributed by atoms with van der Waals surface area (Å²) in [5.41, 5.74) is 7.05. The van der Waals surface area contributed by atoms with Crippen LogP contribution in [0.5, 0.6) is 5.75 Å². The van der Waals surface area contributed by atoms with E-state index in [9.17, 15) is 58.8 Å². The van der Waals surface area contributed by atoms with Crippen LogP contribution in [0, 0.1) is 11.3 Å². The molecule has 0 heterocycles. The standard InChI is InChI=1S/C47H63BrN10O12/c1-27(2)20-33(41(64)53-32(14-9-19-51-47(49)50)40(63)58-38(26-60)46(69)70)54-42(65)36(23-30-15-17-31(61)18-16-30)56-43(66)34(21-28-10-5-3-6-11-28)55-44(67)35(22-29-12-7-4-8-13-29)57-45(68)37(25-59)52-39(62)24-48/h3-8,10-13,15-18,27,32-38,59-61H,9,14,19-26H2,1-2H3,(H,52,62)(H,53,64)(H,54,65)(H,55,67)(H,56,66)(H,57,68)(H,58,63)(H,69,70)(H4,49,50,51). The number of aromatic hydroxyl groups is 1. The molecule has 70 heavy (non-hydrogen) atoms. The summed E-state index contributed by atoms with van der Waals surface area (Å²) in [4.78, 5) is 108. The molecule has 0 saturated carbocycles. The lowest BCUT2D eigenvalue weighted by molar-refractivity contribution is -0.143. The lowest BCUT2D eigenvalue weighted by atomic mass is 9.99. The number of amides is 7. The first-order valence-electron chi connectivity index (χ1n) is 22.4. The number of phenolic OH excluding ortho intramolecular Hbond substituents is 1. The lowest BCUT2D eigenvalue weighted by Crippen LogP contribution is -2.61. The number of phenols is 1. The molecule has 0 fully saturated rings. The Balaban J connectivity index is 2.00. The second-order valence-electron chi connectivity index (χ2n) is 16.7. The van der Waals surface area contributed by atoms with Gasteiger partial charge in [0.1, 0.15) is 48.0 Å². The lowest BCUT2D eigenvalue weighted by Gasteiger charge is -2.28. The Bertz CT molecular complexity index is 2220. The van der Waals surface area contributed by atoms with Gasteiger partial charge in [0.15, 0.2) is 5.96 Å². The molecule has 15 N–H and O–H groups in total. The summed E-state index contributed by atoms with van der Waals surface area (Å²) in [6.07, 6.45) is -0.285. The number of rotatable bonds is 29. The van der Waals surface area contributed by atoms with Crippen molar-refractivity contribution in [3.63, 3.8) is 0 Å². The monoisotopic (exact) mass is 1040 g/mol. The van der Waals surface area contributed by atoms with Crippen molar-refractivity contribution in [2.45, 2.75) is 94.7 Å². The fraction of sp³-hybridized carbons (Fsp3) is 0.426. The molecular weight excluding hydrogens is 976 g/mol. The first-order chi connectivity index (χ1) is 33.3. The molecule has 22 nitrogen and oxygen atoms in total. The number of nitrogens with two attached hydrogens (primary N) is 1. The highest BCUT2D eigenvalue weighted by atomic mass is 79.9. The van der Waals surface area contributed by atoms with Crippen LogP contribution in [0.15, 0.2) is 84.9 Å². The quantitative estimate of drug-likeness (QED) is 0.0165. The zero-order chi connectivity index (χ0) is 51.8. The number of aliphatic hydroxyl groups excluding tert-OH is 2. The molecule has 0 radical (unpaired) electrons. The third-order valence-electron chi connectivity index (χ3n) is 10.6. The fourth-order valence-electron chi connectivity index (χ4n) is 6.94. The van der Waals surface area contributed by atoms with Gasteiger partial charge < -0.3 is 68.7 Å². The molecule has 380 valence electrons. The van der Waals surface area contributed by atoms with E-state index in [1.54, 1.807) is 74.5 Å². The van der Waals surface area contributed by atoms with Gasteiger partial charge in [-0.2, -0.15) is 0 Å². The zero-order valence-corrected chi connectivity index (χ0v) is 40.4. The van der Waals surface area contributed by atoms with Crippen LogP contribution in [0.4, 0.5) is 0 Å². The highest BCUT2D eigenvalue weighted by molar-refractivity contribution is 9.09. The average molecular weight is 1040 g/mol. The van der Waals surface area contributed by atoms with E-state index in [4.69, 9.17) is 11.1 Å². The highest BCUT2D eigenvalue weighted by Crippen LogP contribution is 2.14. The van der Waals surface area contributed by atoms with E-state index in [-0.39, 0.29) is 68.0 Å². The van der Waals surface area contributed by atoms with E-state index >= 15 is 0 Å². The number of alkyl halides is 1. The number of carboxylic acid groups (broad SMARTS) is 1. The van der Waals surface area contributed by atoms with Gasteiger partial charge in [-0.3, -0.25) is 39.0 Å². The van der Waals surface area contributed by atoms with Crippen molar-refractivity contribution in [3.05, 3.63) is 102 Å².